The van der Waals surface area contributed by atoms with Gasteiger partial charge in [0.1, 0.15) is 12.1 Å². The lowest BCUT2D eigenvalue weighted by Gasteiger charge is -2.24. The summed E-state index contributed by atoms with van der Waals surface area (Å²) in [6.07, 6.45) is -1.60. The molecule has 5 unspecified atom stereocenters. The summed E-state index contributed by atoms with van der Waals surface area (Å²) in [5.74, 6) is -4.96. The molecule has 0 saturated carbocycles. The van der Waals surface area contributed by atoms with Crippen LogP contribution in [0.1, 0.15) is 33.6 Å². The summed E-state index contributed by atoms with van der Waals surface area (Å²) in [7, 11) is 0. The Balaban J connectivity index is 5.25. The van der Waals surface area contributed by atoms with Crippen LogP contribution in [0.15, 0.2) is 0 Å². The highest BCUT2D eigenvalue weighted by Crippen LogP contribution is 2.04. The van der Waals surface area contributed by atoms with Crippen LogP contribution in [0.5, 0.6) is 0 Å². The molecule has 0 aliphatic heterocycles. The fraction of sp³-hybridized carbons (Fsp3) is 0.706. The van der Waals surface area contributed by atoms with Crippen molar-refractivity contribution in [3.05, 3.63) is 0 Å². The van der Waals surface area contributed by atoms with E-state index in [1.54, 1.807) is 0 Å². The van der Waals surface area contributed by atoms with Crippen LogP contribution < -0.4 is 27.4 Å². The van der Waals surface area contributed by atoms with E-state index in [9.17, 15) is 29.1 Å². The number of rotatable bonds is 13. The third-order valence-corrected chi connectivity index (χ3v) is 4.33. The van der Waals surface area contributed by atoms with Gasteiger partial charge in [0.05, 0.1) is 18.6 Å². The number of thiol groups is 1. The summed E-state index contributed by atoms with van der Waals surface area (Å²) in [5, 5.41) is 25.2. The maximum absolute atomic E-state index is 12.5. The number of hydrogen-bond donors (Lipinski definition) is 8. The first-order valence-electron chi connectivity index (χ1n) is 9.26. The molecule has 0 spiro atoms. The van der Waals surface area contributed by atoms with Crippen molar-refractivity contribution in [2.45, 2.75) is 63.9 Å². The molecule has 0 bridgehead atoms. The van der Waals surface area contributed by atoms with Crippen LogP contribution in [-0.2, 0) is 24.0 Å². The molecule has 30 heavy (non-hydrogen) atoms. The Bertz CT molecular complexity index is 644. The number of carbonyl (C=O) groups excluding carboxylic acids is 4. The molecule has 172 valence electrons. The summed E-state index contributed by atoms with van der Waals surface area (Å²) < 4.78 is 0. The molecule has 0 aliphatic rings. The number of nitrogens with two attached hydrogens (primary N) is 2. The molecule has 13 heteroatoms. The standard InChI is InChI=1S/C17H31N5O7S/c1-7(2)4-9(18)14(25)20-10(5-12(19)24)15(26)21-11(6-30)16(27)22-13(8(3)23)17(28)29/h7-11,13,23,30H,4-6,18H2,1-3H3,(H2,19,24)(H,20,25)(H,21,26)(H,22,27)(H,28,29). The third-order valence-electron chi connectivity index (χ3n) is 3.96. The van der Waals surface area contributed by atoms with Crippen molar-refractivity contribution in [1.82, 2.24) is 16.0 Å². The molecule has 0 fully saturated rings. The van der Waals surface area contributed by atoms with E-state index in [4.69, 9.17) is 16.6 Å². The van der Waals surface area contributed by atoms with Crippen molar-refractivity contribution < 1.29 is 34.2 Å². The maximum Gasteiger partial charge on any atom is 0.328 e. The number of aliphatic hydroxyl groups excluding tert-OH is 1. The van der Waals surface area contributed by atoms with Crippen molar-refractivity contribution in [2.24, 2.45) is 17.4 Å². The molecule has 0 aromatic heterocycles. The van der Waals surface area contributed by atoms with Gasteiger partial charge in [-0.05, 0) is 19.3 Å². The summed E-state index contributed by atoms with van der Waals surface area (Å²) in [4.78, 5) is 59.4. The van der Waals surface area contributed by atoms with Gasteiger partial charge < -0.3 is 37.6 Å². The van der Waals surface area contributed by atoms with Gasteiger partial charge in [0.2, 0.25) is 23.6 Å². The second-order valence-electron chi connectivity index (χ2n) is 7.28. The van der Waals surface area contributed by atoms with Gasteiger partial charge in [-0.1, -0.05) is 13.8 Å². The maximum atomic E-state index is 12.5. The highest BCUT2D eigenvalue weighted by atomic mass is 32.1. The zero-order chi connectivity index (χ0) is 23.6. The zero-order valence-electron chi connectivity index (χ0n) is 17.1. The van der Waals surface area contributed by atoms with Gasteiger partial charge in [-0.3, -0.25) is 19.2 Å². The van der Waals surface area contributed by atoms with Crippen LogP contribution in [-0.4, -0.2) is 75.8 Å². The lowest BCUT2D eigenvalue weighted by Crippen LogP contribution is -2.59. The highest BCUT2D eigenvalue weighted by Gasteiger charge is 2.31. The van der Waals surface area contributed by atoms with E-state index in [0.29, 0.717) is 6.42 Å². The Morgan fingerprint density at radius 1 is 0.933 bits per heavy atom. The van der Waals surface area contributed by atoms with Gasteiger partial charge in [0.15, 0.2) is 6.04 Å². The van der Waals surface area contributed by atoms with E-state index in [2.05, 4.69) is 28.6 Å². The normalized spacial score (nSPS) is 16.0. The molecular formula is C17H31N5O7S. The Kier molecular flexibility index (Phi) is 12.0. The number of hydrogen-bond acceptors (Lipinski definition) is 8. The highest BCUT2D eigenvalue weighted by molar-refractivity contribution is 7.80. The summed E-state index contributed by atoms with van der Waals surface area (Å²) in [5.41, 5.74) is 10.9. The van der Waals surface area contributed by atoms with E-state index >= 15 is 0 Å². The Morgan fingerprint density at radius 3 is 1.83 bits per heavy atom. The van der Waals surface area contributed by atoms with Gasteiger partial charge in [-0.25, -0.2) is 4.79 Å². The number of primary amides is 1. The molecule has 12 nitrogen and oxygen atoms in total. The quantitative estimate of drug-likeness (QED) is 0.136. The molecule has 4 amide bonds. The predicted octanol–water partition coefficient (Wildman–Crippen LogP) is -2.92. The first-order valence-corrected chi connectivity index (χ1v) is 9.90. The largest absolute Gasteiger partial charge is 0.480 e. The minimum absolute atomic E-state index is 0.113. The third kappa shape index (κ3) is 9.89. The van der Waals surface area contributed by atoms with Gasteiger partial charge in [0, 0.05) is 5.75 Å². The molecule has 0 rings (SSSR count). The van der Waals surface area contributed by atoms with Gasteiger partial charge in [-0.2, -0.15) is 12.6 Å². The van der Waals surface area contributed by atoms with Crippen LogP contribution >= 0.6 is 12.6 Å². The Labute approximate surface area is 179 Å². The number of carboxylic acids is 1. The van der Waals surface area contributed by atoms with Crippen LogP contribution in [0.3, 0.4) is 0 Å². The lowest BCUT2D eigenvalue weighted by atomic mass is 10.0. The second-order valence-corrected chi connectivity index (χ2v) is 7.64. The van der Waals surface area contributed by atoms with E-state index in [0.717, 1.165) is 0 Å². The van der Waals surface area contributed by atoms with E-state index in [-0.39, 0.29) is 11.7 Å². The molecule has 0 aromatic carbocycles. The topological polar surface area (TPSA) is 214 Å². The molecule has 0 saturated heterocycles. The predicted molar refractivity (Wildman–Crippen MR) is 110 cm³/mol. The molecule has 0 radical (unpaired) electrons. The van der Waals surface area contributed by atoms with Crippen LogP contribution in [0.2, 0.25) is 0 Å². The number of nitrogens with one attached hydrogen (secondary N) is 3. The van der Waals surface area contributed by atoms with Crippen LogP contribution in [0.4, 0.5) is 0 Å². The van der Waals surface area contributed by atoms with Gasteiger partial charge in [-0.15, -0.1) is 0 Å². The van der Waals surface area contributed by atoms with Crippen molar-refractivity contribution in [3.8, 4) is 0 Å². The SMILES string of the molecule is CC(C)CC(N)C(=O)NC(CC(N)=O)C(=O)NC(CS)C(=O)NC(C(=O)O)C(C)O. The van der Waals surface area contributed by atoms with Crippen molar-refractivity contribution in [1.29, 1.82) is 0 Å². The monoisotopic (exact) mass is 449 g/mol. The molecule has 9 N–H and O–H groups in total. The average Bonchev–Trinajstić information content (AvgIpc) is 2.61. The first-order chi connectivity index (χ1) is 13.8. The van der Waals surface area contributed by atoms with Crippen molar-refractivity contribution in [2.75, 3.05) is 5.75 Å². The second kappa shape index (κ2) is 13.0. The summed E-state index contributed by atoms with van der Waals surface area (Å²) in [6, 6.07) is -5.22. The van der Waals surface area contributed by atoms with Crippen LogP contribution in [0.25, 0.3) is 0 Å². The van der Waals surface area contributed by atoms with E-state index in [1.165, 1.54) is 6.92 Å². The molecule has 0 aliphatic carbocycles. The smallest absolute Gasteiger partial charge is 0.328 e. The Hall–Kier alpha value is -2.38. The van der Waals surface area contributed by atoms with Crippen molar-refractivity contribution >= 4 is 42.2 Å². The zero-order valence-corrected chi connectivity index (χ0v) is 18.0. The van der Waals surface area contributed by atoms with Gasteiger partial charge >= 0.3 is 5.97 Å². The van der Waals surface area contributed by atoms with Crippen molar-refractivity contribution in [3.63, 3.8) is 0 Å². The molecule has 5 atom stereocenters. The lowest BCUT2D eigenvalue weighted by molar-refractivity contribution is -0.145. The minimum Gasteiger partial charge on any atom is -0.480 e. The summed E-state index contributed by atoms with van der Waals surface area (Å²) >= 11 is 3.95. The molecule has 0 heterocycles. The molecule has 0 aromatic rings. The van der Waals surface area contributed by atoms with Crippen LogP contribution in [0, 0.1) is 5.92 Å². The summed E-state index contributed by atoms with van der Waals surface area (Å²) in [6.45, 7) is 4.88. The number of carboxylic acid groups (broad SMARTS) is 1. The fourth-order valence-electron chi connectivity index (χ4n) is 2.41. The number of carbonyl (C=O) groups is 5. The first kappa shape index (κ1) is 27.6. The van der Waals surface area contributed by atoms with Gasteiger partial charge in [0.25, 0.3) is 0 Å². The fourth-order valence-corrected chi connectivity index (χ4v) is 2.67. The number of amides is 4. The Morgan fingerprint density at radius 2 is 1.43 bits per heavy atom. The molecular weight excluding hydrogens is 418 g/mol. The number of aliphatic hydroxyl groups is 1. The minimum atomic E-state index is -1.60. The number of aliphatic carboxylic acids is 1. The van der Waals surface area contributed by atoms with E-state index in [1.807, 2.05) is 13.8 Å². The average molecular weight is 450 g/mol. The van der Waals surface area contributed by atoms with E-state index < -0.39 is 66.3 Å².